The molecule has 0 aliphatic rings. The number of anilines is 1. The van der Waals surface area contributed by atoms with Crippen LogP contribution in [0.25, 0.3) is 0 Å². The molecule has 27 heavy (non-hydrogen) atoms. The van der Waals surface area contributed by atoms with Crippen molar-refractivity contribution >= 4 is 38.8 Å². The number of carbonyl (C=O) groups is 1. The van der Waals surface area contributed by atoms with E-state index < -0.39 is 20.7 Å². The highest BCUT2D eigenvalue weighted by Gasteiger charge is 2.16. The molecule has 2 aromatic carbocycles. The first-order valence-corrected chi connectivity index (χ1v) is 9.76. The summed E-state index contributed by atoms with van der Waals surface area (Å²) in [7, 11) is -3.43. The van der Waals surface area contributed by atoms with Crippen LogP contribution in [-0.4, -0.2) is 37.2 Å². The maximum Gasteiger partial charge on any atom is 0.305 e. The van der Waals surface area contributed by atoms with E-state index in [1.807, 2.05) is 0 Å². The van der Waals surface area contributed by atoms with E-state index in [-0.39, 0.29) is 45.8 Å². The minimum absolute atomic E-state index is 0.0105. The van der Waals surface area contributed by atoms with E-state index in [4.69, 9.17) is 21.4 Å². The van der Waals surface area contributed by atoms with Crippen molar-refractivity contribution in [1.82, 2.24) is 0 Å². The summed E-state index contributed by atoms with van der Waals surface area (Å²) in [6.07, 6.45) is 0.825. The van der Waals surface area contributed by atoms with E-state index >= 15 is 0 Å². The summed E-state index contributed by atoms with van der Waals surface area (Å²) in [6, 6.07) is 7.83. The van der Waals surface area contributed by atoms with Crippen LogP contribution in [0, 0.1) is 10.1 Å². The number of benzene rings is 2. The zero-order chi connectivity index (χ0) is 20.2. The fraction of sp³-hybridized carbons (Fsp3) is 0.188. The normalized spacial score (nSPS) is 11.0. The Morgan fingerprint density at radius 3 is 2.56 bits per heavy atom. The Bertz CT molecular complexity index is 992. The number of nitrogens with zero attached hydrogens (tertiary/aromatic N) is 1. The number of rotatable bonds is 8. The molecular formula is C16H15ClN2O7S. The Hall–Kier alpha value is -2.85. The summed E-state index contributed by atoms with van der Waals surface area (Å²) in [5.41, 5.74) is -0.158. The Labute approximate surface area is 159 Å². The van der Waals surface area contributed by atoms with Gasteiger partial charge in [0, 0.05) is 24.9 Å². The molecule has 2 aromatic rings. The number of carboxylic acids is 1. The standard InChI is InChI=1S/C16H15ClN2O7S/c1-27(24,25)11-3-5-15(12(17)9-11)26-10-2-4-14(19(22)23)13(8-10)18-7-6-16(20)21/h2-5,8-9,18H,6-7H2,1H3,(H,20,21). The monoisotopic (exact) mass is 414 g/mol. The lowest BCUT2D eigenvalue weighted by atomic mass is 10.2. The summed E-state index contributed by atoms with van der Waals surface area (Å²) >= 11 is 6.05. The molecule has 0 aliphatic heterocycles. The third kappa shape index (κ3) is 5.56. The second-order valence-corrected chi connectivity index (χ2v) is 7.90. The summed E-state index contributed by atoms with van der Waals surface area (Å²) < 4.78 is 28.6. The van der Waals surface area contributed by atoms with E-state index in [2.05, 4.69) is 5.32 Å². The van der Waals surface area contributed by atoms with E-state index in [9.17, 15) is 23.3 Å². The van der Waals surface area contributed by atoms with Gasteiger partial charge in [0.15, 0.2) is 9.84 Å². The Morgan fingerprint density at radius 1 is 1.30 bits per heavy atom. The molecule has 0 saturated carbocycles. The molecule has 2 rings (SSSR count). The van der Waals surface area contributed by atoms with E-state index in [1.54, 1.807) is 0 Å². The highest BCUT2D eigenvalue weighted by molar-refractivity contribution is 7.90. The highest BCUT2D eigenvalue weighted by atomic mass is 35.5. The van der Waals surface area contributed by atoms with Crippen LogP contribution in [0.3, 0.4) is 0 Å². The van der Waals surface area contributed by atoms with Gasteiger partial charge < -0.3 is 15.2 Å². The smallest absolute Gasteiger partial charge is 0.305 e. The van der Waals surface area contributed by atoms with E-state index in [1.165, 1.54) is 36.4 Å². The van der Waals surface area contributed by atoms with Gasteiger partial charge in [0.2, 0.25) is 0 Å². The summed E-state index contributed by atoms with van der Waals surface area (Å²) in [4.78, 5) is 21.1. The predicted molar refractivity (Wildman–Crippen MR) is 98.5 cm³/mol. The van der Waals surface area contributed by atoms with Crippen LogP contribution in [0.4, 0.5) is 11.4 Å². The molecule has 0 unspecified atom stereocenters. The number of aliphatic carboxylic acids is 1. The molecule has 0 aromatic heterocycles. The minimum Gasteiger partial charge on any atom is -0.481 e. The quantitative estimate of drug-likeness (QED) is 0.495. The number of nitrogens with one attached hydrogen (secondary N) is 1. The molecule has 0 bridgehead atoms. The topological polar surface area (TPSA) is 136 Å². The Kier molecular flexibility index (Phi) is 6.24. The van der Waals surface area contributed by atoms with Crippen LogP contribution >= 0.6 is 11.6 Å². The molecule has 11 heteroatoms. The second-order valence-electron chi connectivity index (χ2n) is 5.47. The van der Waals surface area contributed by atoms with Crippen LogP contribution in [0.2, 0.25) is 5.02 Å². The van der Waals surface area contributed by atoms with Gasteiger partial charge in [0.1, 0.15) is 17.2 Å². The van der Waals surface area contributed by atoms with Crippen LogP contribution in [0.5, 0.6) is 11.5 Å². The Morgan fingerprint density at radius 2 is 2.00 bits per heavy atom. The maximum absolute atomic E-state index is 11.5. The highest BCUT2D eigenvalue weighted by Crippen LogP contribution is 2.35. The minimum atomic E-state index is -3.43. The van der Waals surface area contributed by atoms with Crippen molar-refractivity contribution in [3.8, 4) is 11.5 Å². The zero-order valence-electron chi connectivity index (χ0n) is 14.0. The van der Waals surface area contributed by atoms with Gasteiger partial charge in [-0.05, 0) is 24.3 Å². The van der Waals surface area contributed by atoms with Gasteiger partial charge in [0.25, 0.3) is 5.69 Å². The SMILES string of the molecule is CS(=O)(=O)c1ccc(Oc2ccc([N+](=O)[O-])c(NCCC(=O)O)c2)c(Cl)c1. The van der Waals surface area contributed by atoms with Crippen molar-refractivity contribution in [1.29, 1.82) is 0 Å². The van der Waals surface area contributed by atoms with Crippen LogP contribution in [0.1, 0.15) is 6.42 Å². The molecule has 0 saturated heterocycles. The first-order chi connectivity index (χ1) is 12.6. The maximum atomic E-state index is 11.5. The van der Waals surface area contributed by atoms with Crippen molar-refractivity contribution in [2.45, 2.75) is 11.3 Å². The lowest BCUT2D eigenvalue weighted by Gasteiger charge is -2.11. The van der Waals surface area contributed by atoms with E-state index in [0.717, 1.165) is 6.26 Å². The number of halogens is 1. The van der Waals surface area contributed by atoms with Crippen molar-refractivity contribution < 1.29 is 28.0 Å². The molecule has 0 spiro atoms. The number of carboxylic acid groups (broad SMARTS) is 1. The fourth-order valence-electron chi connectivity index (χ4n) is 2.11. The van der Waals surface area contributed by atoms with Crippen molar-refractivity contribution in [3.05, 3.63) is 51.5 Å². The zero-order valence-corrected chi connectivity index (χ0v) is 15.6. The molecule has 9 nitrogen and oxygen atoms in total. The average molecular weight is 415 g/mol. The van der Waals surface area contributed by atoms with Gasteiger partial charge in [-0.25, -0.2) is 8.42 Å². The fourth-order valence-corrected chi connectivity index (χ4v) is 3.04. The van der Waals surface area contributed by atoms with Gasteiger partial charge in [0.05, 0.1) is 21.3 Å². The first kappa shape index (κ1) is 20.5. The molecular weight excluding hydrogens is 400 g/mol. The second kappa shape index (κ2) is 8.23. The molecule has 0 fully saturated rings. The summed E-state index contributed by atoms with van der Waals surface area (Å²) in [5.74, 6) is -0.683. The summed E-state index contributed by atoms with van der Waals surface area (Å²) in [5, 5.41) is 22.5. The van der Waals surface area contributed by atoms with Crippen molar-refractivity contribution in [2.75, 3.05) is 18.1 Å². The van der Waals surface area contributed by atoms with Gasteiger partial charge >= 0.3 is 5.97 Å². The van der Waals surface area contributed by atoms with Crippen LogP contribution < -0.4 is 10.1 Å². The van der Waals surface area contributed by atoms with Gasteiger partial charge in [-0.3, -0.25) is 14.9 Å². The molecule has 0 heterocycles. The molecule has 2 N–H and O–H groups in total. The van der Waals surface area contributed by atoms with Crippen molar-refractivity contribution in [3.63, 3.8) is 0 Å². The number of hydrogen-bond acceptors (Lipinski definition) is 7. The lowest BCUT2D eigenvalue weighted by Crippen LogP contribution is -2.09. The first-order valence-electron chi connectivity index (χ1n) is 7.49. The van der Waals surface area contributed by atoms with E-state index in [0.29, 0.717) is 0 Å². The number of hydrogen-bond donors (Lipinski definition) is 2. The number of nitro benzene ring substituents is 1. The number of sulfone groups is 1. The van der Waals surface area contributed by atoms with Gasteiger partial charge in [-0.2, -0.15) is 0 Å². The molecule has 0 amide bonds. The lowest BCUT2D eigenvalue weighted by molar-refractivity contribution is -0.384. The van der Waals surface area contributed by atoms with Gasteiger partial charge in [-0.15, -0.1) is 0 Å². The van der Waals surface area contributed by atoms with Crippen LogP contribution in [-0.2, 0) is 14.6 Å². The molecule has 144 valence electrons. The third-order valence-electron chi connectivity index (χ3n) is 3.38. The average Bonchev–Trinajstić information content (AvgIpc) is 2.55. The van der Waals surface area contributed by atoms with Gasteiger partial charge in [-0.1, -0.05) is 11.6 Å². The molecule has 0 aliphatic carbocycles. The summed E-state index contributed by atoms with van der Waals surface area (Å²) in [6.45, 7) is -0.0105. The third-order valence-corrected chi connectivity index (χ3v) is 4.78. The predicted octanol–water partition coefficient (Wildman–Crippen LogP) is 3.33. The Balaban J connectivity index is 2.28. The molecule has 0 radical (unpaired) electrons. The number of nitro groups is 1. The van der Waals surface area contributed by atoms with Crippen LogP contribution in [0.15, 0.2) is 41.3 Å². The number of ether oxygens (including phenoxy) is 1. The molecule has 0 atom stereocenters. The largest absolute Gasteiger partial charge is 0.481 e. The van der Waals surface area contributed by atoms with Crippen molar-refractivity contribution in [2.24, 2.45) is 0 Å².